The van der Waals surface area contributed by atoms with Crippen molar-refractivity contribution in [1.29, 1.82) is 0 Å². The molecule has 13 heavy (non-hydrogen) atoms. The van der Waals surface area contributed by atoms with Crippen molar-refractivity contribution >= 4 is 0 Å². The summed E-state index contributed by atoms with van der Waals surface area (Å²) >= 11 is 0. The Morgan fingerprint density at radius 2 is 2.15 bits per heavy atom. The van der Waals surface area contributed by atoms with Crippen molar-refractivity contribution < 1.29 is 5.11 Å². The number of aliphatic hydroxyl groups is 1. The molecule has 0 saturated carbocycles. The standard InChI is InChI=1S/C10H22N2O/c1-10(2,13)9-5-3-4-7-12(9)8-6-11/h9,13H,3-8,11H2,1-2H3. The second-order valence-electron chi connectivity index (χ2n) is 4.49. The molecule has 0 bridgehead atoms. The van der Waals surface area contributed by atoms with Crippen LogP contribution in [-0.2, 0) is 0 Å². The maximum Gasteiger partial charge on any atom is 0.0746 e. The molecule has 0 spiro atoms. The Kier molecular flexibility index (Phi) is 3.71. The van der Waals surface area contributed by atoms with Gasteiger partial charge in [0.15, 0.2) is 0 Å². The summed E-state index contributed by atoms with van der Waals surface area (Å²) in [5.41, 5.74) is 4.95. The number of hydrogen-bond donors (Lipinski definition) is 2. The summed E-state index contributed by atoms with van der Waals surface area (Å²) in [5, 5.41) is 9.96. The largest absolute Gasteiger partial charge is 0.389 e. The molecule has 1 atom stereocenters. The van der Waals surface area contributed by atoms with Crippen LogP contribution in [0.2, 0.25) is 0 Å². The Bertz CT molecular complexity index is 151. The highest BCUT2D eigenvalue weighted by Gasteiger charge is 2.33. The number of nitrogens with two attached hydrogens (primary N) is 1. The second-order valence-corrected chi connectivity index (χ2v) is 4.49. The van der Waals surface area contributed by atoms with Gasteiger partial charge < -0.3 is 10.8 Å². The van der Waals surface area contributed by atoms with Crippen LogP contribution in [-0.4, -0.2) is 41.3 Å². The minimum atomic E-state index is -0.588. The van der Waals surface area contributed by atoms with Crippen LogP contribution in [0.1, 0.15) is 33.1 Å². The summed E-state index contributed by atoms with van der Waals surface area (Å²) in [4.78, 5) is 2.32. The highest BCUT2D eigenvalue weighted by molar-refractivity contribution is 4.88. The molecule has 1 saturated heterocycles. The van der Waals surface area contributed by atoms with Gasteiger partial charge in [-0.25, -0.2) is 0 Å². The molecule has 3 N–H and O–H groups in total. The molecule has 0 aromatic heterocycles. The molecule has 1 aliphatic rings. The fourth-order valence-corrected chi connectivity index (χ4v) is 2.22. The van der Waals surface area contributed by atoms with Gasteiger partial charge in [-0.3, -0.25) is 4.90 Å². The Morgan fingerprint density at radius 1 is 1.46 bits per heavy atom. The average molecular weight is 186 g/mol. The lowest BCUT2D eigenvalue weighted by molar-refractivity contribution is -0.0350. The molecule has 1 heterocycles. The number of likely N-dealkylation sites (tertiary alicyclic amines) is 1. The van der Waals surface area contributed by atoms with Gasteiger partial charge in [0.05, 0.1) is 5.60 Å². The molecule has 0 aromatic carbocycles. The quantitative estimate of drug-likeness (QED) is 0.677. The Morgan fingerprint density at radius 3 is 2.69 bits per heavy atom. The molecule has 3 heteroatoms. The molecule has 0 amide bonds. The fourth-order valence-electron chi connectivity index (χ4n) is 2.22. The number of nitrogens with zero attached hydrogens (tertiary/aromatic N) is 1. The van der Waals surface area contributed by atoms with E-state index in [9.17, 15) is 5.11 Å². The van der Waals surface area contributed by atoms with Crippen molar-refractivity contribution in [2.24, 2.45) is 5.73 Å². The third kappa shape index (κ3) is 2.93. The number of hydrogen-bond acceptors (Lipinski definition) is 3. The van der Waals surface area contributed by atoms with Crippen LogP contribution in [0.5, 0.6) is 0 Å². The second kappa shape index (κ2) is 4.40. The van der Waals surface area contributed by atoms with Gasteiger partial charge in [0.1, 0.15) is 0 Å². The molecule has 0 aromatic rings. The topological polar surface area (TPSA) is 49.5 Å². The summed E-state index contributed by atoms with van der Waals surface area (Å²) in [7, 11) is 0. The lowest BCUT2D eigenvalue weighted by Gasteiger charge is -2.42. The smallest absolute Gasteiger partial charge is 0.0746 e. The van der Waals surface area contributed by atoms with Gasteiger partial charge >= 0.3 is 0 Å². The van der Waals surface area contributed by atoms with E-state index in [0.29, 0.717) is 12.6 Å². The highest BCUT2D eigenvalue weighted by atomic mass is 16.3. The molecule has 0 aliphatic carbocycles. The first kappa shape index (κ1) is 11.0. The van der Waals surface area contributed by atoms with E-state index < -0.39 is 5.60 Å². The fraction of sp³-hybridized carbons (Fsp3) is 1.00. The molecule has 3 nitrogen and oxygen atoms in total. The molecule has 1 rings (SSSR count). The van der Waals surface area contributed by atoms with Gasteiger partial charge in [0, 0.05) is 19.1 Å². The summed E-state index contributed by atoms with van der Waals surface area (Å²) in [6.45, 7) is 6.48. The zero-order valence-electron chi connectivity index (χ0n) is 8.79. The molecular weight excluding hydrogens is 164 g/mol. The monoisotopic (exact) mass is 186 g/mol. The lowest BCUT2D eigenvalue weighted by Crippen LogP contribution is -2.53. The van der Waals surface area contributed by atoms with Crippen molar-refractivity contribution in [3.05, 3.63) is 0 Å². The number of rotatable bonds is 3. The van der Waals surface area contributed by atoms with E-state index in [1.165, 1.54) is 12.8 Å². The van der Waals surface area contributed by atoms with E-state index in [1.807, 2.05) is 13.8 Å². The van der Waals surface area contributed by atoms with Gasteiger partial charge in [-0.1, -0.05) is 6.42 Å². The predicted molar refractivity (Wildman–Crippen MR) is 54.6 cm³/mol. The highest BCUT2D eigenvalue weighted by Crippen LogP contribution is 2.25. The Hall–Kier alpha value is -0.120. The summed E-state index contributed by atoms with van der Waals surface area (Å²) in [6.07, 6.45) is 3.58. The predicted octanol–water partition coefficient (Wildman–Crippen LogP) is 0.570. The van der Waals surface area contributed by atoms with Crippen molar-refractivity contribution in [3.8, 4) is 0 Å². The molecule has 78 valence electrons. The van der Waals surface area contributed by atoms with E-state index in [0.717, 1.165) is 19.5 Å². The maximum atomic E-state index is 9.96. The first-order chi connectivity index (χ1) is 6.05. The van der Waals surface area contributed by atoms with E-state index in [1.54, 1.807) is 0 Å². The summed E-state index contributed by atoms with van der Waals surface area (Å²) in [6, 6.07) is 0.296. The summed E-state index contributed by atoms with van der Waals surface area (Å²) < 4.78 is 0. The van der Waals surface area contributed by atoms with Crippen LogP contribution in [0, 0.1) is 0 Å². The third-order valence-electron chi connectivity index (χ3n) is 2.85. The third-order valence-corrected chi connectivity index (χ3v) is 2.85. The van der Waals surface area contributed by atoms with Gasteiger partial charge in [0.25, 0.3) is 0 Å². The van der Waals surface area contributed by atoms with Gasteiger partial charge in [-0.05, 0) is 33.2 Å². The van der Waals surface area contributed by atoms with Crippen molar-refractivity contribution in [3.63, 3.8) is 0 Å². The van der Waals surface area contributed by atoms with Crippen molar-refractivity contribution in [2.75, 3.05) is 19.6 Å². The zero-order valence-corrected chi connectivity index (χ0v) is 8.79. The van der Waals surface area contributed by atoms with E-state index >= 15 is 0 Å². The zero-order chi connectivity index (χ0) is 9.90. The Balaban J connectivity index is 2.56. The van der Waals surface area contributed by atoms with Gasteiger partial charge in [-0.15, -0.1) is 0 Å². The molecule has 0 radical (unpaired) electrons. The molecule has 1 unspecified atom stereocenters. The number of piperidine rings is 1. The minimum absolute atomic E-state index is 0.296. The van der Waals surface area contributed by atoms with Crippen LogP contribution in [0.3, 0.4) is 0 Å². The maximum absolute atomic E-state index is 9.96. The SMILES string of the molecule is CC(C)(O)C1CCCCN1CCN. The summed E-state index contributed by atoms with van der Waals surface area (Å²) in [5.74, 6) is 0. The normalized spacial score (nSPS) is 26.3. The van der Waals surface area contributed by atoms with Gasteiger partial charge in [0.2, 0.25) is 0 Å². The van der Waals surface area contributed by atoms with Crippen molar-refractivity contribution in [2.45, 2.75) is 44.8 Å². The van der Waals surface area contributed by atoms with Crippen molar-refractivity contribution in [1.82, 2.24) is 4.90 Å². The van der Waals surface area contributed by atoms with E-state index in [2.05, 4.69) is 4.90 Å². The van der Waals surface area contributed by atoms with Gasteiger partial charge in [-0.2, -0.15) is 0 Å². The van der Waals surface area contributed by atoms with Crippen LogP contribution in [0.25, 0.3) is 0 Å². The van der Waals surface area contributed by atoms with Crippen LogP contribution in [0.15, 0.2) is 0 Å². The Labute approximate surface area is 80.9 Å². The average Bonchev–Trinajstić information content (AvgIpc) is 2.04. The lowest BCUT2D eigenvalue weighted by atomic mass is 9.89. The minimum Gasteiger partial charge on any atom is -0.389 e. The molecule has 1 aliphatic heterocycles. The first-order valence-corrected chi connectivity index (χ1v) is 5.22. The first-order valence-electron chi connectivity index (χ1n) is 5.22. The van der Waals surface area contributed by atoms with Crippen LogP contribution >= 0.6 is 0 Å². The van der Waals surface area contributed by atoms with Crippen LogP contribution < -0.4 is 5.73 Å². The molecule has 1 fully saturated rings. The molecular formula is C10H22N2O. The van der Waals surface area contributed by atoms with Crippen LogP contribution in [0.4, 0.5) is 0 Å². The van der Waals surface area contributed by atoms with E-state index in [4.69, 9.17) is 5.73 Å². The van der Waals surface area contributed by atoms with E-state index in [-0.39, 0.29) is 0 Å².